The summed E-state index contributed by atoms with van der Waals surface area (Å²) in [6.07, 6.45) is 2.68. The van der Waals surface area contributed by atoms with Crippen LogP contribution in [0.5, 0.6) is 0 Å². The number of benzene rings is 1. The molecule has 100 valence electrons. The highest BCUT2D eigenvalue weighted by atomic mass is 35.5. The Balaban J connectivity index is 2.14. The van der Waals surface area contributed by atoms with E-state index in [1.165, 1.54) is 12.1 Å². The first kappa shape index (κ1) is 13.8. The minimum Gasteiger partial charge on any atom is -0.374 e. The summed E-state index contributed by atoms with van der Waals surface area (Å²) in [6, 6.07) is 4.46. The summed E-state index contributed by atoms with van der Waals surface area (Å²) < 4.78 is 0. The molecule has 0 spiro atoms. The van der Waals surface area contributed by atoms with Gasteiger partial charge in [-0.1, -0.05) is 18.5 Å². The SMILES string of the molecule is CCc1ncc(CNc2cc(Cl)ccc2[N+](=O)[O-])s1. The van der Waals surface area contributed by atoms with Crippen LogP contribution in [0.15, 0.2) is 24.4 Å². The fraction of sp³-hybridized carbons (Fsp3) is 0.250. The molecule has 1 aromatic heterocycles. The molecule has 0 saturated carbocycles. The first-order chi connectivity index (χ1) is 9.10. The predicted octanol–water partition coefficient (Wildman–Crippen LogP) is 3.88. The molecule has 2 aromatic rings. The lowest BCUT2D eigenvalue weighted by molar-refractivity contribution is -0.384. The molecule has 0 atom stereocenters. The van der Waals surface area contributed by atoms with Gasteiger partial charge in [-0.3, -0.25) is 10.1 Å². The van der Waals surface area contributed by atoms with Crippen LogP contribution in [0.1, 0.15) is 16.8 Å². The van der Waals surface area contributed by atoms with Gasteiger partial charge in [-0.05, 0) is 18.6 Å². The standard InChI is InChI=1S/C12H12ClN3O2S/c1-2-12-15-7-9(19-12)6-14-10-5-8(13)3-4-11(10)16(17)18/h3-5,7,14H,2,6H2,1H3. The van der Waals surface area contributed by atoms with E-state index in [0.29, 0.717) is 17.3 Å². The molecule has 7 heteroatoms. The third kappa shape index (κ3) is 3.42. The maximum Gasteiger partial charge on any atom is 0.292 e. The number of nitro groups is 1. The molecule has 0 saturated heterocycles. The fourth-order valence-corrected chi connectivity index (χ4v) is 2.56. The average Bonchev–Trinajstić information content (AvgIpc) is 2.84. The Morgan fingerprint density at radius 3 is 2.95 bits per heavy atom. The summed E-state index contributed by atoms with van der Waals surface area (Å²) in [5.41, 5.74) is 0.438. The zero-order valence-corrected chi connectivity index (χ0v) is 11.8. The zero-order valence-electron chi connectivity index (χ0n) is 10.2. The molecule has 0 fully saturated rings. The van der Waals surface area contributed by atoms with Crippen LogP contribution in [0.3, 0.4) is 0 Å². The number of halogens is 1. The minimum absolute atomic E-state index is 0.0182. The summed E-state index contributed by atoms with van der Waals surface area (Å²) in [4.78, 5) is 15.8. The largest absolute Gasteiger partial charge is 0.374 e. The van der Waals surface area contributed by atoms with Gasteiger partial charge < -0.3 is 5.32 Å². The first-order valence-electron chi connectivity index (χ1n) is 5.71. The number of nitrogens with zero attached hydrogens (tertiary/aromatic N) is 2. The molecule has 0 amide bonds. The number of anilines is 1. The summed E-state index contributed by atoms with van der Waals surface area (Å²) in [7, 11) is 0. The van der Waals surface area contributed by atoms with Crippen LogP contribution in [0.2, 0.25) is 5.02 Å². The van der Waals surface area contributed by atoms with Crippen molar-refractivity contribution in [1.29, 1.82) is 0 Å². The van der Waals surface area contributed by atoms with Gasteiger partial charge in [0.25, 0.3) is 5.69 Å². The Morgan fingerprint density at radius 2 is 2.32 bits per heavy atom. The molecule has 0 aliphatic rings. The van der Waals surface area contributed by atoms with Crippen molar-refractivity contribution in [3.8, 4) is 0 Å². The van der Waals surface area contributed by atoms with E-state index >= 15 is 0 Å². The number of nitrogens with one attached hydrogen (secondary N) is 1. The highest BCUT2D eigenvalue weighted by Crippen LogP contribution is 2.28. The molecular weight excluding hydrogens is 286 g/mol. The van der Waals surface area contributed by atoms with Crippen molar-refractivity contribution in [3.05, 3.63) is 49.4 Å². The highest BCUT2D eigenvalue weighted by molar-refractivity contribution is 7.11. The smallest absolute Gasteiger partial charge is 0.292 e. The summed E-state index contributed by atoms with van der Waals surface area (Å²) in [5, 5.41) is 15.5. The van der Waals surface area contributed by atoms with Gasteiger partial charge >= 0.3 is 0 Å². The van der Waals surface area contributed by atoms with E-state index in [-0.39, 0.29) is 5.69 Å². The van der Waals surface area contributed by atoms with Crippen molar-refractivity contribution in [2.24, 2.45) is 0 Å². The molecule has 0 bridgehead atoms. The van der Waals surface area contributed by atoms with Crippen molar-refractivity contribution in [1.82, 2.24) is 4.98 Å². The Kier molecular flexibility index (Phi) is 4.34. The van der Waals surface area contributed by atoms with Gasteiger partial charge in [-0.25, -0.2) is 4.98 Å². The van der Waals surface area contributed by atoms with Crippen LogP contribution in [0.4, 0.5) is 11.4 Å². The van der Waals surface area contributed by atoms with E-state index in [9.17, 15) is 10.1 Å². The van der Waals surface area contributed by atoms with E-state index in [0.717, 1.165) is 16.3 Å². The van der Waals surface area contributed by atoms with Gasteiger partial charge in [-0.15, -0.1) is 11.3 Å². The quantitative estimate of drug-likeness (QED) is 0.672. The highest BCUT2D eigenvalue weighted by Gasteiger charge is 2.13. The van der Waals surface area contributed by atoms with Gasteiger partial charge in [0.15, 0.2) is 0 Å². The van der Waals surface area contributed by atoms with E-state index in [1.807, 2.05) is 6.92 Å². The monoisotopic (exact) mass is 297 g/mol. The third-order valence-electron chi connectivity index (χ3n) is 2.51. The van der Waals surface area contributed by atoms with Crippen LogP contribution < -0.4 is 5.32 Å². The van der Waals surface area contributed by atoms with Crippen molar-refractivity contribution < 1.29 is 4.92 Å². The van der Waals surface area contributed by atoms with Crippen LogP contribution in [-0.2, 0) is 13.0 Å². The van der Waals surface area contributed by atoms with Gasteiger partial charge in [0.1, 0.15) is 5.69 Å². The number of nitro benzene ring substituents is 1. The molecular formula is C12H12ClN3O2S. The Hall–Kier alpha value is -1.66. The Bertz CT molecular complexity index is 600. The van der Waals surface area contributed by atoms with Gasteiger partial charge in [-0.2, -0.15) is 0 Å². The molecule has 1 heterocycles. The van der Waals surface area contributed by atoms with Crippen LogP contribution in [0, 0.1) is 10.1 Å². The van der Waals surface area contributed by atoms with Crippen molar-refractivity contribution in [2.75, 3.05) is 5.32 Å². The average molecular weight is 298 g/mol. The van der Waals surface area contributed by atoms with E-state index in [4.69, 9.17) is 11.6 Å². The summed E-state index contributed by atoms with van der Waals surface area (Å²) in [5.74, 6) is 0. The first-order valence-corrected chi connectivity index (χ1v) is 6.91. The number of aromatic nitrogens is 1. The molecule has 5 nitrogen and oxygen atoms in total. The second-order valence-corrected chi connectivity index (χ2v) is 5.48. The molecule has 1 N–H and O–H groups in total. The lowest BCUT2D eigenvalue weighted by atomic mass is 10.2. The van der Waals surface area contributed by atoms with E-state index < -0.39 is 4.92 Å². The number of thiazole rings is 1. The molecule has 1 aromatic carbocycles. The number of rotatable bonds is 5. The van der Waals surface area contributed by atoms with Gasteiger partial charge in [0.05, 0.1) is 16.5 Å². The normalized spacial score (nSPS) is 10.4. The molecule has 0 unspecified atom stereocenters. The maximum atomic E-state index is 10.9. The van der Waals surface area contributed by atoms with E-state index in [2.05, 4.69) is 10.3 Å². The molecule has 0 aliphatic heterocycles. The van der Waals surface area contributed by atoms with Gasteiger partial charge in [0.2, 0.25) is 0 Å². The fourth-order valence-electron chi connectivity index (χ4n) is 1.58. The Labute approximate surface area is 119 Å². The zero-order chi connectivity index (χ0) is 13.8. The van der Waals surface area contributed by atoms with Crippen LogP contribution in [0.25, 0.3) is 0 Å². The van der Waals surface area contributed by atoms with Crippen molar-refractivity contribution in [3.63, 3.8) is 0 Å². The van der Waals surface area contributed by atoms with Crippen LogP contribution >= 0.6 is 22.9 Å². The Morgan fingerprint density at radius 1 is 1.53 bits per heavy atom. The maximum absolute atomic E-state index is 10.9. The summed E-state index contributed by atoms with van der Waals surface area (Å²) >= 11 is 7.45. The number of aryl methyl sites for hydroxylation is 1. The lowest BCUT2D eigenvalue weighted by Gasteiger charge is -2.05. The van der Waals surface area contributed by atoms with Gasteiger partial charge in [0, 0.05) is 22.2 Å². The summed E-state index contributed by atoms with van der Waals surface area (Å²) in [6.45, 7) is 2.54. The second kappa shape index (κ2) is 5.99. The topological polar surface area (TPSA) is 68.1 Å². The molecule has 19 heavy (non-hydrogen) atoms. The number of hydrogen-bond acceptors (Lipinski definition) is 5. The van der Waals surface area contributed by atoms with E-state index in [1.54, 1.807) is 23.6 Å². The minimum atomic E-state index is -0.428. The van der Waals surface area contributed by atoms with Crippen molar-refractivity contribution >= 4 is 34.3 Å². The lowest BCUT2D eigenvalue weighted by Crippen LogP contribution is -2.01. The second-order valence-electron chi connectivity index (χ2n) is 3.85. The molecule has 2 rings (SSSR count). The van der Waals surface area contributed by atoms with Crippen LogP contribution in [-0.4, -0.2) is 9.91 Å². The predicted molar refractivity (Wildman–Crippen MR) is 76.9 cm³/mol. The molecule has 0 radical (unpaired) electrons. The third-order valence-corrected chi connectivity index (χ3v) is 3.89. The molecule has 0 aliphatic carbocycles. The number of hydrogen-bond donors (Lipinski definition) is 1. The van der Waals surface area contributed by atoms with Crippen molar-refractivity contribution in [2.45, 2.75) is 19.9 Å².